The van der Waals surface area contributed by atoms with Crippen molar-refractivity contribution in [2.24, 2.45) is 5.41 Å². The molecular weight excluding hydrogens is 164 g/mol. The van der Waals surface area contributed by atoms with E-state index in [1.807, 2.05) is 0 Å². The lowest BCUT2D eigenvalue weighted by atomic mass is 9.76. The van der Waals surface area contributed by atoms with Gasteiger partial charge in [0.2, 0.25) is 0 Å². The Morgan fingerprint density at radius 2 is 2.08 bits per heavy atom. The highest BCUT2D eigenvalue weighted by Gasteiger charge is 2.41. The Morgan fingerprint density at radius 3 is 2.46 bits per heavy atom. The lowest BCUT2D eigenvalue weighted by molar-refractivity contribution is -0.0647. The van der Waals surface area contributed by atoms with Crippen LogP contribution >= 0.6 is 0 Å². The van der Waals surface area contributed by atoms with Gasteiger partial charge in [0, 0.05) is 5.41 Å². The summed E-state index contributed by atoms with van der Waals surface area (Å²) in [5.41, 5.74) is -0.361. The highest BCUT2D eigenvalue weighted by molar-refractivity contribution is 5.16. The summed E-state index contributed by atoms with van der Waals surface area (Å²) in [5.74, 6) is 0.832. The molecule has 0 atom stereocenters. The first kappa shape index (κ1) is 9.07. The average Bonchev–Trinajstić information content (AvgIpc) is 2.00. The predicted octanol–water partition coefficient (Wildman–Crippen LogP) is 2.23. The van der Waals surface area contributed by atoms with Crippen LogP contribution in [-0.4, -0.2) is 17.3 Å². The number of ether oxygens (including phenoxy) is 1. The van der Waals surface area contributed by atoms with Gasteiger partial charge >= 0.3 is 0 Å². The van der Waals surface area contributed by atoms with E-state index in [0.717, 1.165) is 38.0 Å². The number of rotatable bonds is 1. The van der Waals surface area contributed by atoms with Crippen LogP contribution in [0.2, 0.25) is 0 Å². The molecule has 1 fully saturated rings. The molecule has 1 aliphatic carbocycles. The Bertz CT molecular complexity index is 236. The van der Waals surface area contributed by atoms with Crippen LogP contribution in [0.5, 0.6) is 0 Å². The van der Waals surface area contributed by atoms with Crippen molar-refractivity contribution in [3.63, 3.8) is 0 Å². The maximum atomic E-state index is 10.0. The van der Waals surface area contributed by atoms with Gasteiger partial charge in [-0.3, -0.25) is 0 Å². The smallest absolute Gasteiger partial charge is 0.124 e. The second-order valence-electron chi connectivity index (χ2n) is 5.11. The van der Waals surface area contributed by atoms with E-state index < -0.39 is 5.60 Å². The van der Waals surface area contributed by atoms with Crippen LogP contribution in [0.4, 0.5) is 0 Å². The Hall–Kier alpha value is -0.500. The zero-order valence-corrected chi connectivity index (χ0v) is 8.47. The predicted molar refractivity (Wildman–Crippen MR) is 51.2 cm³/mol. The monoisotopic (exact) mass is 182 g/mol. The van der Waals surface area contributed by atoms with Crippen molar-refractivity contribution in [2.75, 3.05) is 6.61 Å². The van der Waals surface area contributed by atoms with Gasteiger partial charge in [0.05, 0.1) is 6.61 Å². The molecule has 0 bridgehead atoms. The summed E-state index contributed by atoms with van der Waals surface area (Å²) < 4.78 is 5.61. The van der Waals surface area contributed by atoms with E-state index in [1.54, 1.807) is 0 Å². The second-order valence-corrected chi connectivity index (χ2v) is 5.11. The zero-order chi connectivity index (χ0) is 9.53. The molecule has 0 aromatic carbocycles. The van der Waals surface area contributed by atoms with Gasteiger partial charge in [0.1, 0.15) is 11.4 Å². The molecule has 1 heterocycles. The topological polar surface area (TPSA) is 29.5 Å². The van der Waals surface area contributed by atoms with Crippen LogP contribution in [0.3, 0.4) is 0 Å². The van der Waals surface area contributed by atoms with E-state index in [1.165, 1.54) is 0 Å². The molecule has 0 spiro atoms. The van der Waals surface area contributed by atoms with Crippen molar-refractivity contribution < 1.29 is 9.84 Å². The molecule has 0 radical (unpaired) electrons. The van der Waals surface area contributed by atoms with Crippen molar-refractivity contribution in [1.29, 1.82) is 0 Å². The van der Waals surface area contributed by atoms with Crippen LogP contribution in [-0.2, 0) is 4.74 Å². The van der Waals surface area contributed by atoms with Crippen molar-refractivity contribution >= 4 is 0 Å². The summed E-state index contributed by atoms with van der Waals surface area (Å²) in [7, 11) is 0. The van der Waals surface area contributed by atoms with Crippen molar-refractivity contribution in [2.45, 2.75) is 45.1 Å². The minimum absolute atomic E-state index is 0.240. The molecule has 2 aliphatic rings. The number of allylic oxidation sites excluding steroid dienone is 1. The third-order valence-electron chi connectivity index (χ3n) is 3.10. The maximum absolute atomic E-state index is 10.0. The van der Waals surface area contributed by atoms with E-state index in [0.29, 0.717) is 0 Å². The first-order valence-corrected chi connectivity index (χ1v) is 5.08. The molecule has 1 aliphatic heterocycles. The van der Waals surface area contributed by atoms with Gasteiger partial charge in [0.25, 0.3) is 0 Å². The minimum atomic E-state index is -0.601. The normalized spacial score (nSPS) is 29.9. The SMILES string of the molecule is CC1(C)CC=C(C2(O)CCC2)OC1. The molecule has 0 amide bonds. The summed E-state index contributed by atoms with van der Waals surface area (Å²) in [4.78, 5) is 0. The first-order valence-electron chi connectivity index (χ1n) is 5.08. The van der Waals surface area contributed by atoms with Gasteiger partial charge in [-0.05, 0) is 31.8 Å². The molecule has 1 saturated carbocycles. The van der Waals surface area contributed by atoms with Gasteiger partial charge in [-0.1, -0.05) is 13.8 Å². The van der Waals surface area contributed by atoms with E-state index >= 15 is 0 Å². The zero-order valence-electron chi connectivity index (χ0n) is 8.47. The van der Waals surface area contributed by atoms with Crippen LogP contribution in [0.15, 0.2) is 11.8 Å². The Kier molecular flexibility index (Phi) is 1.91. The standard InChI is InChI=1S/C11H18O2/c1-10(2)7-4-9(13-8-10)11(12)5-3-6-11/h4,12H,3,5-8H2,1-2H3. The largest absolute Gasteiger partial charge is 0.495 e. The molecule has 74 valence electrons. The fraction of sp³-hybridized carbons (Fsp3) is 0.818. The molecule has 13 heavy (non-hydrogen) atoms. The van der Waals surface area contributed by atoms with Gasteiger partial charge in [-0.15, -0.1) is 0 Å². The summed E-state index contributed by atoms with van der Waals surface area (Å²) in [6, 6.07) is 0. The van der Waals surface area contributed by atoms with E-state index in [2.05, 4.69) is 19.9 Å². The molecule has 2 rings (SSSR count). The molecule has 0 saturated heterocycles. The average molecular weight is 182 g/mol. The lowest BCUT2D eigenvalue weighted by Gasteiger charge is -2.41. The number of aliphatic hydroxyl groups is 1. The van der Waals surface area contributed by atoms with Gasteiger partial charge < -0.3 is 9.84 Å². The molecule has 2 heteroatoms. The number of hydrogen-bond donors (Lipinski definition) is 1. The first-order chi connectivity index (χ1) is 6.02. The summed E-state index contributed by atoms with van der Waals surface area (Å²) in [6.45, 7) is 5.11. The van der Waals surface area contributed by atoms with E-state index in [-0.39, 0.29) is 5.41 Å². The summed E-state index contributed by atoms with van der Waals surface area (Å²) >= 11 is 0. The van der Waals surface area contributed by atoms with Crippen LogP contribution in [0.1, 0.15) is 39.5 Å². The Balaban J connectivity index is 2.06. The van der Waals surface area contributed by atoms with E-state index in [9.17, 15) is 5.11 Å². The highest BCUT2D eigenvalue weighted by atomic mass is 16.5. The van der Waals surface area contributed by atoms with E-state index in [4.69, 9.17) is 4.74 Å². The van der Waals surface area contributed by atoms with Crippen LogP contribution < -0.4 is 0 Å². The molecule has 0 aromatic rings. The lowest BCUT2D eigenvalue weighted by Crippen LogP contribution is -2.42. The van der Waals surface area contributed by atoms with Crippen LogP contribution in [0.25, 0.3) is 0 Å². The summed E-state index contributed by atoms with van der Waals surface area (Å²) in [5, 5.41) is 10.0. The van der Waals surface area contributed by atoms with Gasteiger partial charge in [-0.2, -0.15) is 0 Å². The van der Waals surface area contributed by atoms with Crippen LogP contribution in [0, 0.1) is 5.41 Å². The number of hydrogen-bond acceptors (Lipinski definition) is 2. The quantitative estimate of drug-likeness (QED) is 0.674. The Labute approximate surface area is 79.6 Å². The van der Waals surface area contributed by atoms with Gasteiger partial charge in [0.15, 0.2) is 0 Å². The van der Waals surface area contributed by atoms with Crippen molar-refractivity contribution in [3.05, 3.63) is 11.8 Å². The third kappa shape index (κ3) is 1.60. The van der Waals surface area contributed by atoms with Gasteiger partial charge in [-0.25, -0.2) is 0 Å². The molecule has 0 aromatic heterocycles. The second kappa shape index (κ2) is 2.74. The van der Waals surface area contributed by atoms with Crippen molar-refractivity contribution in [3.8, 4) is 0 Å². The molecule has 1 N–H and O–H groups in total. The fourth-order valence-electron chi connectivity index (χ4n) is 1.84. The van der Waals surface area contributed by atoms with Crippen molar-refractivity contribution in [1.82, 2.24) is 0 Å². The molecular formula is C11H18O2. The molecule has 2 nitrogen and oxygen atoms in total. The maximum Gasteiger partial charge on any atom is 0.124 e. The minimum Gasteiger partial charge on any atom is -0.495 e. The fourth-order valence-corrected chi connectivity index (χ4v) is 1.84. The highest BCUT2D eigenvalue weighted by Crippen LogP contribution is 2.42. The molecule has 0 unspecified atom stereocenters. The third-order valence-corrected chi connectivity index (χ3v) is 3.10. The summed E-state index contributed by atoms with van der Waals surface area (Å²) in [6.07, 6.45) is 5.96. The Morgan fingerprint density at radius 1 is 1.38 bits per heavy atom.